The number of methoxy groups -OCH3 is 2. The molecule has 3 aromatic rings. The van der Waals surface area contributed by atoms with Crippen molar-refractivity contribution in [3.8, 4) is 17.2 Å². The highest BCUT2D eigenvalue weighted by molar-refractivity contribution is 5.94. The zero-order chi connectivity index (χ0) is 25.6. The number of nitrogens with one attached hydrogen (secondary N) is 1. The van der Waals surface area contributed by atoms with E-state index in [0.29, 0.717) is 30.0 Å². The van der Waals surface area contributed by atoms with Gasteiger partial charge < -0.3 is 19.5 Å². The van der Waals surface area contributed by atoms with Crippen LogP contribution < -0.4 is 14.8 Å². The summed E-state index contributed by atoms with van der Waals surface area (Å²) in [6.07, 6.45) is 0.656. The number of carbonyl (C=O) groups excluding carboxylic acids is 2. The molecule has 0 unspecified atom stereocenters. The van der Waals surface area contributed by atoms with E-state index >= 15 is 0 Å². The zero-order valence-corrected chi connectivity index (χ0v) is 21.2. The van der Waals surface area contributed by atoms with Gasteiger partial charge in [-0.15, -0.1) is 0 Å². The molecule has 0 fully saturated rings. The summed E-state index contributed by atoms with van der Waals surface area (Å²) in [7, 11) is 3.19. The molecule has 1 N–H and O–H groups in total. The van der Waals surface area contributed by atoms with Crippen LogP contribution in [-0.4, -0.2) is 49.0 Å². The first-order valence-corrected chi connectivity index (χ1v) is 11.5. The molecule has 1 amide bonds. The average molecular weight is 480 g/mol. The molecule has 0 saturated carbocycles. The van der Waals surface area contributed by atoms with Gasteiger partial charge in [-0.2, -0.15) is 5.10 Å². The summed E-state index contributed by atoms with van der Waals surface area (Å²) < 4.78 is 17.4. The van der Waals surface area contributed by atoms with Crippen molar-refractivity contribution in [1.82, 2.24) is 15.1 Å². The average Bonchev–Trinajstić information content (AvgIpc) is 3.30. The largest absolute Gasteiger partial charge is 0.493 e. The van der Waals surface area contributed by atoms with Crippen LogP contribution in [0.5, 0.6) is 11.5 Å². The maximum Gasteiger partial charge on any atom is 0.358 e. The molecule has 35 heavy (non-hydrogen) atoms. The highest BCUT2D eigenvalue weighted by Crippen LogP contribution is 2.28. The van der Waals surface area contributed by atoms with Crippen LogP contribution in [0.3, 0.4) is 0 Å². The van der Waals surface area contributed by atoms with Crippen molar-refractivity contribution in [3.05, 3.63) is 71.0 Å². The second-order valence-corrected chi connectivity index (χ2v) is 9.04. The maximum absolute atomic E-state index is 12.7. The van der Waals surface area contributed by atoms with Crippen molar-refractivity contribution < 1.29 is 23.8 Å². The van der Waals surface area contributed by atoms with Crippen LogP contribution in [0.1, 0.15) is 59.8 Å². The Kier molecular flexibility index (Phi) is 8.17. The molecular formula is C27H33N3O5. The lowest BCUT2D eigenvalue weighted by Crippen LogP contribution is -2.25. The predicted octanol–water partition coefficient (Wildman–Crippen LogP) is 4.34. The number of carbonyl (C=O) groups is 2. The van der Waals surface area contributed by atoms with Crippen LogP contribution in [0.25, 0.3) is 5.69 Å². The van der Waals surface area contributed by atoms with Crippen molar-refractivity contribution in [2.24, 2.45) is 0 Å². The van der Waals surface area contributed by atoms with Crippen LogP contribution in [-0.2, 0) is 16.6 Å². The van der Waals surface area contributed by atoms with Gasteiger partial charge >= 0.3 is 5.97 Å². The quantitative estimate of drug-likeness (QED) is 0.459. The van der Waals surface area contributed by atoms with E-state index in [2.05, 4.69) is 31.2 Å². The van der Waals surface area contributed by atoms with Crippen LogP contribution in [0.2, 0.25) is 0 Å². The number of rotatable bonds is 9. The standard InChI is InChI=1S/C27H33N3O5/c1-7-35-26(32)21-17-24(27(2,3)4)30(29-21)20-11-9-19(10-12-20)25(31)28-15-14-18-8-13-22(33-5)23(16-18)34-6/h8-13,16-17H,7,14-15H2,1-6H3,(H,28,31). The Morgan fingerprint density at radius 2 is 1.66 bits per heavy atom. The van der Waals surface area contributed by atoms with Gasteiger partial charge in [-0.25, -0.2) is 9.48 Å². The van der Waals surface area contributed by atoms with Crippen molar-refractivity contribution in [2.75, 3.05) is 27.4 Å². The molecule has 0 radical (unpaired) electrons. The molecule has 0 atom stereocenters. The van der Waals surface area contributed by atoms with Gasteiger partial charge in [0.25, 0.3) is 5.91 Å². The Bertz CT molecular complexity index is 1180. The number of ether oxygens (including phenoxy) is 3. The van der Waals surface area contributed by atoms with Crippen molar-refractivity contribution in [1.29, 1.82) is 0 Å². The van der Waals surface area contributed by atoms with E-state index in [1.807, 2.05) is 30.3 Å². The Hall–Kier alpha value is -3.81. The van der Waals surface area contributed by atoms with Gasteiger partial charge in [-0.3, -0.25) is 4.79 Å². The summed E-state index contributed by atoms with van der Waals surface area (Å²) in [6.45, 7) is 8.68. The molecule has 8 heteroatoms. The Morgan fingerprint density at radius 3 is 2.26 bits per heavy atom. The van der Waals surface area contributed by atoms with Gasteiger partial charge in [-0.05, 0) is 61.4 Å². The van der Waals surface area contributed by atoms with E-state index in [-0.39, 0.29) is 23.6 Å². The summed E-state index contributed by atoms with van der Waals surface area (Å²) in [5.41, 5.74) is 3.20. The Morgan fingerprint density at radius 1 is 0.971 bits per heavy atom. The SMILES string of the molecule is CCOC(=O)c1cc(C(C)(C)C)n(-c2ccc(C(=O)NCCc3ccc(OC)c(OC)c3)cc2)n1. The fourth-order valence-electron chi connectivity index (χ4n) is 3.63. The number of amides is 1. The van der Waals surface area contributed by atoms with Crippen molar-refractivity contribution in [3.63, 3.8) is 0 Å². The van der Waals surface area contributed by atoms with Crippen LogP contribution in [0, 0.1) is 0 Å². The van der Waals surface area contributed by atoms with Gasteiger partial charge in [0.1, 0.15) is 0 Å². The van der Waals surface area contributed by atoms with Gasteiger partial charge in [-0.1, -0.05) is 26.8 Å². The minimum atomic E-state index is -0.456. The Labute approximate surface area is 206 Å². The summed E-state index contributed by atoms with van der Waals surface area (Å²) in [5.74, 6) is 0.704. The second kappa shape index (κ2) is 11.1. The van der Waals surface area contributed by atoms with Gasteiger partial charge in [0.15, 0.2) is 17.2 Å². The Balaban J connectivity index is 1.70. The third kappa shape index (κ3) is 6.20. The van der Waals surface area contributed by atoms with Crippen LogP contribution in [0.4, 0.5) is 0 Å². The molecule has 0 bridgehead atoms. The zero-order valence-electron chi connectivity index (χ0n) is 21.2. The third-order valence-electron chi connectivity index (χ3n) is 5.48. The van der Waals surface area contributed by atoms with Crippen LogP contribution in [0.15, 0.2) is 48.5 Å². The molecule has 2 aromatic carbocycles. The highest BCUT2D eigenvalue weighted by Gasteiger charge is 2.25. The number of benzene rings is 2. The smallest absolute Gasteiger partial charge is 0.358 e. The fourth-order valence-corrected chi connectivity index (χ4v) is 3.63. The lowest BCUT2D eigenvalue weighted by Gasteiger charge is -2.20. The van der Waals surface area contributed by atoms with Crippen LogP contribution >= 0.6 is 0 Å². The fraction of sp³-hybridized carbons (Fsp3) is 0.370. The summed E-state index contributed by atoms with van der Waals surface area (Å²) >= 11 is 0. The van der Waals surface area contributed by atoms with Crippen molar-refractivity contribution >= 4 is 11.9 Å². The van der Waals surface area contributed by atoms with E-state index in [9.17, 15) is 9.59 Å². The van der Waals surface area contributed by atoms with Crippen molar-refractivity contribution in [2.45, 2.75) is 39.5 Å². The van der Waals surface area contributed by atoms with E-state index in [1.165, 1.54) is 0 Å². The first-order chi connectivity index (χ1) is 16.7. The predicted molar refractivity (Wildman–Crippen MR) is 134 cm³/mol. The second-order valence-electron chi connectivity index (χ2n) is 9.04. The molecular weight excluding hydrogens is 446 g/mol. The molecule has 1 heterocycles. The molecule has 8 nitrogen and oxygen atoms in total. The van der Waals surface area contributed by atoms with E-state index in [4.69, 9.17) is 14.2 Å². The lowest BCUT2D eigenvalue weighted by molar-refractivity contribution is 0.0518. The maximum atomic E-state index is 12.7. The molecule has 0 aliphatic heterocycles. The minimum absolute atomic E-state index is 0.166. The molecule has 3 rings (SSSR count). The number of nitrogens with zero attached hydrogens (tertiary/aromatic N) is 2. The monoisotopic (exact) mass is 479 g/mol. The molecule has 0 aliphatic rings. The first-order valence-electron chi connectivity index (χ1n) is 11.5. The number of hydrogen-bond donors (Lipinski definition) is 1. The lowest BCUT2D eigenvalue weighted by atomic mass is 9.91. The van der Waals surface area contributed by atoms with Gasteiger partial charge in [0.05, 0.1) is 32.2 Å². The number of hydrogen-bond acceptors (Lipinski definition) is 6. The first kappa shape index (κ1) is 25.8. The molecule has 1 aromatic heterocycles. The van der Waals surface area contributed by atoms with Gasteiger partial charge in [0, 0.05) is 17.5 Å². The highest BCUT2D eigenvalue weighted by atomic mass is 16.5. The summed E-state index contributed by atoms with van der Waals surface area (Å²) in [4.78, 5) is 24.9. The third-order valence-corrected chi connectivity index (χ3v) is 5.48. The molecule has 0 saturated heterocycles. The number of esters is 1. The summed E-state index contributed by atoms with van der Waals surface area (Å²) in [5, 5.41) is 7.42. The molecule has 0 aliphatic carbocycles. The van der Waals surface area contributed by atoms with E-state index in [0.717, 1.165) is 16.9 Å². The minimum Gasteiger partial charge on any atom is -0.493 e. The molecule has 0 spiro atoms. The van der Waals surface area contributed by atoms with E-state index < -0.39 is 5.97 Å². The number of aromatic nitrogens is 2. The van der Waals surface area contributed by atoms with Gasteiger partial charge in [0.2, 0.25) is 0 Å². The normalized spacial score (nSPS) is 11.1. The van der Waals surface area contributed by atoms with E-state index in [1.54, 1.807) is 44.0 Å². The molecule has 186 valence electrons. The topological polar surface area (TPSA) is 91.7 Å². The summed E-state index contributed by atoms with van der Waals surface area (Å²) in [6, 6.07) is 14.6.